The van der Waals surface area contributed by atoms with Crippen LogP contribution in [0.25, 0.3) is 10.2 Å². The molecule has 1 aliphatic heterocycles. The molecule has 3 aromatic heterocycles. The molecule has 1 amide bonds. The van der Waals surface area contributed by atoms with E-state index < -0.39 is 0 Å². The van der Waals surface area contributed by atoms with Gasteiger partial charge in [-0.3, -0.25) is 9.78 Å². The summed E-state index contributed by atoms with van der Waals surface area (Å²) < 4.78 is 0. The van der Waals surface area contributed by atoms with E-state index in [9.17, 15) is 4.79 Å². The quantitative estimate of drug-likeness (QED) is 0.625. The number of rotatable bonds is 5. The van der Waals surface area contributed by atoms with E-state index >= 15 is 0 Å². The van der Waals surface area contributed by atoms with Gasteiger partial charge in [-0.2, -0.15) is 0 Å². The average molecular weight is 424 g/mol. The number of amides is 1. The zero-order valence-electron chi connectivity index (χ0n) is 18.2. The van der Waals surface area contributed by atoms with Crippen molar-refractivity contribution in [2.45, 2.75) is 46.1 Å². The van der Waals surface area contributed by atoms with Gasteiger partial charge in [0.2, 0.25) is 0 Å². The number of fused-ring (bicyclic) bond motifs is 1. The maximum Gasteiger partial charge on any atom is 0.264 e. The average Bonchev–Trinajstić information content (AvgIpc) is 3.08. The number of aromatic nitrogens is 3. The second-order valence-corrected chi connectivity index (χ2v) is 9.15. The van der Waals surface area contributed by atoms with Crippen molar-refractivity contribution in [3.63, 3.8) is 0 Å². The molecule has 0 atom stereocenters. The lowest BCUT2D eigenvalue weighted by Gasteiger charge is -2.36. The van der Waals surface area contributed by atoms with Gasteiger partial charge < -0.3 is 9.80 Å². The Morgan fingerprint density at radius 3 is 2.67 bits per heavy atom. The summed E-state index contributed by atoms with van der Waals surface area (Å²) in [5, 5.41) is 1.03. The monoisotopic (exact) mass is 423 g/mol. The molecular formula is C23H29N5OS. The van der Waals surface area contributed by atoms with Gasteiger partial charge in [-0.05, 0) is 51.3 Å². The summed E-state index contributed by atoms with van der Waals surface area (Å²) in [6.45, 7) is 8.97. The number of thiophene rings is 1. The SMILES string of the molecule is Cc1nc(C)c2c(C)c(C(=O)N(C)C3CCN(CCc4ccccn4)CC3)sc2n1. The zero-order valence-corrected chi connectivity index (χ0v) is 19.0. The van der Waals surface area contributed by atoms with E-state index in [0.29, 0.717) is 0 Å². The van der Waals surface area contributed by atoms with Gasteiger partial charge in [0.25, 0.3) is 5.91 Å². The molecule has 4 heterocycles. The molecule has 1 fully saturated rings. The summed E-state index contributed by atoms with van der Waals surface area (Å²) in [4.78, 5) is 32.9. The van der Waals surface area contributed by atoms with Crippen molar-refractivity contribution >= 4 is 27.5 Å². The maximum absolute atomic E-state index is 13.3. The Morgan fingerprint density at radius 1 is 1.20 bits per heavy atom. The first-order chi connectivity index (χ1) is 14.4. The Bertz CT molecular complexity index is 1040. The highest BCUT2D eigenvalue weighted by molar-refractivity contribution is 7.20. The normalized spacial score (nSPS) is 15.6. The first-order valence-corrected chi connectivity index (χ1v) is 11.4. The molecule has 0 aliphatic carbocycles. The Morgan fingerprint density at radius 2 is 1.97 bits per heavy atom. The fourth-order valence-corrected chi connectivity index (χ4v) is 5.61. The summed E-state index contributed by atoms with van der Waals surface area (Å²) in [6, 6.07) is 6.36. The van der Waals surface area contributed by atoms with E-state index in [1.165, 1.54) is 11.3 Å². The predicted octanol–water partition coefficient (Wildman–Crippen LogP) is 3.79. The van der Waals surface area contributed by atoms with Gasteiger partial charge >= 0.3 is 0 Å². The van der Waals surface area contributed by atoms with E-state index in [-0.39, 0.29) is 11.9 Å². The minimum atomic E-state index is 0.111. The molecule has 158 valence electrons. The lowest BCUT2D eigenvalue weighted by atomic mass is 10.0. The van der Waals surface area contributed by atoms with E-state index in [2.05, 4.69) is 25.9 Å². The summed E-state index contributed by atoms with van der Waals surface area (Å²) in [5.41, 5.74) is 3.10. The highest BCUT2D eigenvalue weighted by Gasteiger charge is 2.28. The molecule has 0 unspecified atom stereocenters. The number of hydrogen-bond donors (Lipinski definition) is 0. The molecule has 0 saturated carbocycles. The van der Waals surface area contributed by atoms with Crippen molar-refractivity contribution in [3.8, 4) is 0 Å². The van der Waals surface area contributed by atoms with Crippen LogP contribution < -0.4 is 0 Å². The number of pyridine rings is 1. The van der Waals surface area contributed by atoms with Gasteiger partial charge in [-0.15, -0.1) is 11.3 Å². The van der Waals surface area contributed by atoms with Crippen LogP contribution in [-0.4, -0.2) is 63.4 Å². The van der Waals surface area contributed by atoms with Gasteiger partial charge in [-0.1, -0.05) is 6.07 Å². The van der Waals surface area contributed by atoms with Crippen LogP contribution in [0.4, 0.5) is 0 Å². The van der Waals surface area contributed by atoms with Crippen LogP contribution in [0.1, 0.15) is 45.3 Å². The standard InChI is InChI=1S/C23H29N5OS/c1-15-20-16(2)25-17(3)26-22(20)30-21(15)23(29)27(4)19-9-13-28(14-10-19)12-8-18-7-5-6-11-24-18/h5-7,11,19H,8-10,12-14H2,1-4H3. The number of carbonyl (C=O) groups excluding carboxylic acids is 1. The Balaban J connectivity index is 1.39. The van der Waals surface area contributed by atoms with Gasteiger partial charge in [0.15, 0.2) is 0 Å². The second kappa shape index (κ2) is 8.78. The summed E-state index contributed by atoms with van der Waals surface area (Å²) >= 11 is 1.50. The topological polar surface area (TPSA) is 62.2 Å². The number of likely N-dealkylation sites (tertiary alicyclic amines) is 1. The third-order valence-corrected chi connectivity index (χ3v) is 7.29. The largest absolute Gasteiger partial charge is 0.338 e. The maximum atomic E-state index is 13.3. The number of aryl methyl sites for hydroxylation is 3. The van der Waals surface area contributed by atoms with Gasteiger partial charge in [0.05, 0.1) is 4.88 Å². The van der Waals surface area contributed by atoms with Crippen LogP contribution in [0.3, 0.4) is 0 Å². The zero-order chi connectivity index (χ0) is 21.3. The highest BCUT2D eigenvalue weighted by atomic mass is 32.1. The van der Waals surface area contributed by atoms with Crippen LogP contribution in [0.15, 0.2) is 24.4 Å². The van der Waals surface area contributed by atoms with Crippen LogP contribution in [0, 0.1) is 20.8 Å². The van der Waals surface area contributed by atoms with Gasteiger partial charge in [0.1, 0.15) is 10.7 Å². The lowest BCUT2D eigenvalue weighted by molar-refractivity contribution is 0.0647. The van der Waals surface area contributed by atoms with Gasteiger partial charge in [-0.25, -0.2) is 9.97 Å². The Hall–Kier alpha value is -2.38. The molecule has 0 bridgehead atoms. The summed E-state index contributed by atoms with van der Waals surface area (Å²) in [7, 11) is 1.95. The van der Waals surface area contributed by atoms with E-state index in [1.807, 2.05) is 51.0 Å². The first-order valence-electron chi connectivity index (χ1n) is 10.6. The number of piperidine rings is 1. The molecule has 4 rings (SSSR count). The van der Waals surface area contributed by atoms with Crippen LogP contribution >= 0.6 is 11.3 Å². The molecule has 0 aromatic carbocycles. The molecule has 1 aliphatic rings. The van der Waals surface area contributed by atoms with E-state index in [0.717, 1.165) is 76.8 Å². The van der Waals surface area contributed by atoms with Crippen LogP contribution in [0.2, 0.25) is 0 Å². The summed E-state index contributed by atoms with van der Waals surface area (Å²) in [5.74, 6) is 0.867. The van der Waals surface area contributed by atoms with E-state index in [1.54, 1.807) is 0 Å². The van der Waals surface area contributed by atoms with Crippen molar-refractivity contribution in [2.24, 2.45) is 0 Å². The molecular weight excluding hydrogens is 394 g/mol. The third-order valence-electron chi connectivity index (χ3n) is 6.11. The predicted molar refractivity (Wildman–Crippen MR) is 121 cm³/mol. The van der Waals surface area contributed by atoms with Crippen molar-refractivity contribution in [3.05, 3.63) is 52.0 Å². The van der Waals surface area contributed by atoms with Crippen LogP contribution in [-0.2, 0) is 6.42 Å². The first kappa shape index (κ1) is 20.9. The minimum absolute atomic E-state index is 0.111. The second-order valence-electron chi connectivity index (χ2n) is 8.15. The van der Waals surface area contributed by atoms with Crippen molar-refractivity contribution in [1.82, 2.24) is 24.8 Å². The minimum Gasteiger partial charge on any atom is -0.338 e. The number of hydrogen-bond acceptors (Lipinski definition) is 6. The fourth-order valence-electron chi connectivity index (χ4n) is 4.35. The fraction of sp³-hybridized carbons (Fsp3) is 0.478. The molecule has 1 saturated heterocycles. The number of nitrogens with zero attached hydrogens (tertiary/aromatic N) is 5. The lowest BCUT2D eigenvalue weighted by Crippen LogP contribution is -2.46. The Kier molecular flexibility index (Phi) is 6.11. The number of carbonyl (C=O) groups is 1. The van der Waals surface area contributed by atoms with Crippen molar-refractivity contribution in [1.29, 1.82) is 0 Å². The molecule has 6 nitrogen and oxygen atoms in total. The molecule has 0 radical (unpaired) electrons. The van der Waals surface area contributed by atoms with Crippen LogP contribution in [0.5, 0.6) is 0 Å². The Labute approximate surface area is 182 Å². The molecule has 7 heteroatoms. The molecule has 3 aromatic rings. The molecule has 30 heavy (non-hydrogen) atoms. The van der Waals surface area contributed by atoms with Crippen molar-refractivity contribution < 1.29 is 4.79 Å². The smallest absolute Gasteiger partial charge is 0.264 e. The van der Waals surface area contributed by atoms with E-state index in [4.69, 9.17) is 0 Å². The van der Waals surface area contributed by atoms with Crippen molar-refractivity contribution in [2.75, 3.05) is 26.7 Å². The molecule has 0 N–H and O–H groups in total. The molecule has 0 spiro atoms. The summed E-state index contributed by atoms with van der Waals surface area (Å²) in [6.07, 6.45) is 4.84. The highest BCUT2D eigenvalue weighted by Crippen LogP contribution is 2.32. The third kappa shape index (κ3) is 4.23. The van der Waals surface area contributed by atoms with Gasteiger partial charge in [0, 0.05) is 62.1 Å².